The Balaban J connectivity index is 1.91. The van der Waals surface area contributed by atoms with Crippen LogP contribution in [0.5, 0.6) is 0 Å². The van der Waals surface area contributed by atoms with Gasteiger partial charge in [0.2, 0.25) is 5.91 Å². The molecule has 18 heavy (non-hydrogen) atoms. The van der Waals surface area contributed by atoms with E-state index in [1.54, 1.807) is 18.2 Å². The minimum absolute atomic E-state index is 0.0134. The summed E-state index contributed by atoms with van der Waals surface area (Å²) in [6.45, 7) is 2.06. The Labute approximate surface area is 117 Å². The van der Waals surface area contributed by atoms with Crippen molar-refractivity contribution >= 4 is 34.8 Å². The fraction of sp³-hybridized carbons (Fsp3) is 0.462. The van der Waals surface area contributed by atoms with Crippen LogP contribution in [0.25, 0.3) is 0 Å². The van der Waals surface area contributed by atoms with E-state index in [-0.39, 0.29) is 5.91 Å². The molecule has 98 valence electrons. The van der Waals surface area contributed by atoms with Gasteiger partial charge in [-0.2, -0.15) is 0 Å². The van der Waals surface area contributed by atoms with Crippen LogP contribution in [0, 0.1) is 5.92 Å². The van der Waals surface area contributed by atoms with Crippen LogP contribution in [0.15, 0.2) is 18.2 Å². The lowest BCUT2D eigenvalue weighted by molar-refractivity contribution is -0.117. The molecule has 1 aliphatic heterocycles. The Kier molecular flexibility index (Phi) is 4.49. The average molecular weight is 287 g/mol. The van der Waals surface area contributed by atoms with E-state index >= 15 is 0 Å². The Bertz CT molecular complexity index is 451. The third-order valence-corrected chi connectivity index (χ3v) is 3.72. The lowest BCUT2D eigenvalue weighted by Crippen LogP contribution is -2.19. The molecule has 1 N–H and O–H groups in total. The standard InChI is InChI=1S/C13H16Cl2N2O/c1-17-5-4-9(8-17)6-13(18)16-12-3-2-10(14)7-11(12)15/h2-3,7,9H,4-6,8H2,1H3,(H,16,18). The van der Waals surface area contributed by atoms with Gasteiger partial charge < -0.3 is 10.2 Å². The molecule has 1 saturated heterocycles. The quantitative estimate of drug-likeness (QED) is 0.925. The van der Waals surface area contributed by atoms with Gasteiger partial charge in [-0.3, -0.25) is 4.79 Å². The number of halogens is 2. The molecule has 3 nitrogen and oxygen atoms in total. The van der Waals surface area contributed by atoms with Gasteiger partial charge in [0, 0.05) is 18.0 Å². The highest BCUT2D eigenvalue weighted by molar-refractivity contribution is 6.36. The van der Waals surface area contributed by atoms with E-state index in [0.29, 0.717) is 28.1 Å². The van der Waals surface area contributed by atoms with Gasteiger partial charge in [0.15, 0.2) is 0 Å². The van der Waals surface area contributed by atoms with Crippen LogP contribution in [-0.4, -0.2) is 30.9 Å². The lowest BCUT2D eigenvalue weighted by atomic mass is 10.0. The summed E-state index contributed by atoms with van der Waals surface area (Å²) in [6, 6.07) is 5.07. The van der Waals surface area contributed by atoms with E-state index in [1.165, 1.54) is 0 Å². The van der Waals surface area contributed by atoms with Gasteiger partial charge in [-0.15, -0.1) is 0 Å². The number of hydrogen-bond donors (Lipinski definition) is 1. The van der Waals surface area contributed by atoms with Crippen molar-refractivity contribution in [2.45, 2.75) is 12.8 Å². The summed E-state index contributed by atoms with van der Waals surface area (Å²) < 4.78 is 0. The average Bonchev–Trinajstić information content (AvgIpc) is 2.68. The summed E-state index contributed by atoms with van der Waals surface area (Å²) in [5.74, 6) is 0.459. The second-order valence-corrected chi connectivity index (χ2v) is 5.64. The van der Waals surface area contributed by atoms with Crippen LogP contribution >= 0.6 is 23.2 Å². The topological polar surface area (TPSA) is 32.3 Å². The maximum Gasteiger partial charge on any atom is 0.224 e. The summed E-state index contributed by atoms with van der Waals surface area (Å²) >= 11 is 11.8. The van der Waals surface area contributed by atoms with Gasteiger partial charge in [-0.05, 0) is 44.1 Å². The summed E-state index contributed by atoms with van der Waals surface area (Å²) in [6.07, 6.45) is 1.63. The van der Waals surface area contributed by atoms with Crippen LogP contribution in [0.2, 0.25) is 10.0 Å². The fourth-order valence-electron chi connectivity index (χ4n) is 2.25. The summed E-state index contributed by atoms with van der Waals surface area (Å²) in [4.78, 5) is 14.1. The van der Waals surface area contributed by atoms with E-state index in [9.17, 15) is 4.79 Å². The first kappa shape index (κ1) is 13.7. The van der Waals surface area contributed by atoms with Gasteiger partial charge in [0.05, 0.1) is 10.7 Å². The highest BCUT2D eigenvalue weighted by atomic mass is 35.5. The Morgan fingerprint density at radius 2 is 2.28 bits per heavy atom. The molecule has 1 atom stereocenters. The van der Waals surface area contributed by atoms with Gasteiger partial charge in [0.25, 0.3) is 0 Å². The number of nitrogens with one attached hydrogen (secondary N) is 1. The van der Waals surface area contributed by atoms with Crippen LogP contribution < -0.4 is 5.32 Å². The molecular weight excluding hydrogens is 271 g/mol. The van der Waals surface area contributed by atoms with E-state index in [4.69, 9.17) is 23.2 Å². The molecule has 0 aliphatic carbocycles. The zero-order valence-corrected chi connectivity index (χ0v) is 11.8. The molecule has 2 rings (SSSR count). The van der Waals surface area contributed by atoms with Crippen molar-refractivity contribution in [3.8, 4) is 0 Å². The second kappa shape index (κ2) is 5.91. The number of rotatable bonds is 3. The van der Waals surface area contributed by atoms with Crippen molar-refractivity contribution in [2.75, 3.05) is 25.5 Å². The van der Waals surface area contributed by atoms with Crippen LogP contribution in [0.4, 0.5) is 5.69 Å². The maximum absolute atomic E-state index is 11.9. The van der Waals surface area contributed by atoms with Crippen molar-refractivity contribution in [3.05, 3.63) is 28.2 Å². The summed E-state index contributed by atoms with van der Waals surface area (Å²) in [5, 5.41) is 3.87. The van der Waals surface area contributed by atoms with Crippen molar-refractivity contribution in [3.63, 3.8) is 0 Å². The largest absolute Gasteiger partial charge is 0.325 e. The minimum Gasteiger partial charge on any atom is -0.325 e. The number of amides is 1. The summed E-state index contributed by atoms with van der Waals surface area (Å²) in [7, 11) is 2.08. The molecule has 0 saturated carbocycles. The first-order valence-electron chi connectivity index (χ1n) is 5.98. The molecular formula is C13H16Cl2N2O. The highest BCUT2D eigenvalue weighted by Crippen LogP contribution is 2.26. The minimum atomic E-state index is 0.0134. The molecule has 5 heteroatoms. The lowest BCUT2D eigenvalue weighted by Gasteiger charge is -2.11. The molecule has 0 bridgehead atoms. The van der Waals surface area contributed by atoms with Crippen LogP contribution in [0.1, 0.15) is 12.8 Å². The predicted molar refractivity (Wildman–Crippen MR) is 75.3 cm³/mol. The smallest absolute Gasteiger partial charge is 0.224 e. The summed E-state index contributed by atoms with van der Waals surface area (Å²) in [5.41, 5.74) is 0.623. The normalized spacial score (nSPS) is 20.1. The first-order valence-corrected chi connectivity index (χ1v) is 6.73. The van der Waals surface area contributed by atoms with Crippen molar-refractivity contribution in [1.29, 1.82) is 0 Å². The Morgan fingerprint density at radius 3 is 2.89 bits per heavy atom. The monoisotopic (exact) mass is 286 g/mol. The van der Waals surface area contributed by atoms with E-state index in [1.807, 2.05) is 0 Å². The van der Waals surface area contributed by atoms with Crippen molar-refractivity contribution in [2.24, 2.45) is 5.92 Å². The van der Waals surface area contributed by atoms with Crippen LogP contribution in [-0.2, 0) is 4.79 Å². The van der Waals surface area contributed by atoms with E-state index in [0.717, 1.165) is 19.5 Å². The first-order chi connectivity index (χ1) is 8.54. The third-order valence-electron chi connectivity index (χ3n) is 3.17. The van der Waals surface area contributed by atoms with Crippen LogP contribution in [0.3, 0.4) is 0 Å². The third kappa shape index (κ3) is 3.61. The maximum atomic E-state index is 11.9. The SMILES string of the molecule is CN1CCC(CC(=O)Nc2ccc(Cl)cc2Cl)C1. The van der Waals surface area contributed by atoms with Gasteiger partial charge >= 0.3 is 0 Å². The predicted octanol–water partition coefficient (Wildman–Crippen LogP) is 3.27. The van der Waals surface area contributed by atoms with Gasteiger partial charge in [0.1, 0.15) is 0 Å². The number of benzene rings is 1. The number of carbonyl (C=O) groups is 1. The molecule has 1 amide bonds. The molecule has 1 heterocycles. The molecule has 0 spiro atoms. The molecule has 0 aromatic heterocycles. The number of hydrogen-bond acceptors (Lipinski definition) is 2. The van der Waals surface area contributed by atoms with Crippen molar-refractivity contribution in [1.82, 2.24) is 4.90 Å². The van der Waals surface area contributed by atoms with E-state index in [2.05, 4.69) is 17.3 Å². The molecule has 1 unspecified atom stereocenters. The Morgan fingerprint density at radius 1 is 1.50 bits per heavy atom. The fourth-order valence-corrected chi connectivity index (χ4v) is 2.70. The Hall–Kier alpha value is -0.770. The number of carbonyl (C=O) groups excluding carboxylic acids is 1. The molecule has 1 aromatic rings. The van der Waals surface area contributed by atoms with Gasteiger partial charge in [-0.1, -0.05) is 23.2 Å². The molecule has 1 aliphatic rings. The van der Waals surface area contributed by atoms with E-state index < -0.39 is 0 Å². The zero-order valence-electron chi connectivity index (χ0n) is 10.2. The van der Waals surface area contributed by atoms with Crippen molar-refractivity contribution < 1.29 is 4.79 Å². The molecule has 1 fully saturated rings. The second-order valence-electron chi connectivity index (χ2n) is 4.79. The zero-order chi connectivity index (χ0) is 13.1. The number of anilines is 1. The van der Waals surface area contributed by atoms with Gasteiger partial charge in [-0.25, -0.2) is 0 Å². The number of nitrogens with zero attached hydrogens (tertiary/aromatic N) is 1. The number of likely N-dealkylation sites (tertiary alicyclic amines) is 1. The molecule has 0 radical (unpaired) electrons. The molecule has 1 aromatic carbocycles. The highest BCUT2D eigenvalue weighted by Gasteiger charge is 2.22.